The van der Waals surface area contributed by atoms with Crippen molar-refractivity contribution in [2.24, 2.45) is 10.4 Å². The van der Waals surface area contributed by atoms with Gasteiger partial charge in [-0.3, -0.25) is 9.67 Å². The summed E-state index contributed by atoms with van der Waals surface area (Å²) in [7, 11) is 0. The molecule has 0 unspecified atom stereocenters. The minimum Gasteiger partial charge on any atom is -0.380 e. The van der Waals surface area contributed by atoms with E-state index in [2.05, 4.69) is 34.6 Å². The number of ether oxygens (including phenoxy) is 1. The summed E-state index contributed by atoms with van der Waals surface area (Å²) in [5, 5.41) is 10.8. The minimum absolute atomic E-state index is 0.220. The Balaban J connectivity index is 1.69. The molecule has 0 spiro atoms. The van der Waals surface area contributed by atoms with Gasteiger partial charge in [-0.25, -0.2) is 0 Å². The third-order valence-corrected chi connectivity index (χ3v) is 3.28. The molecule has 1 aromatic rings. The van der Waals surface area contributed by atoms with Crippen molar-refractivity contribution in [2.75, 3.05) is 32.8 Å². The van der Waals surface area contributed by atoms with Crippen LogP contribution in [0.3, 0.4) is 0 Å². The molecule has 1 aromatic heterocycles. The number of aryl methyl sites for hydroxylation is 1. The van der Waals surface area contributed by atoms with Crippen LogP contribution in [0.15, 0.2) is 23.5 Å². The Morgan fingerprint density at radius 2 is 2.30 bits per heavy atom. The molecule has 6 nitrogen and oxygen atoms in total. The lowest BCUT2D eigenvalue weighted by atomic mass is 9.89. The summed E-state index contributed by atoms with van der Waals surface area (Å²) in [6.45, 7) is 9.41. The first-order valence-electron chi connectivity index (χ1n) is 7.29. The first-order valence-corrected chi connectivity index (χ1v) is 7.29. The van der Waals surface area contributed by atoms with Gasteiger partial charge in [-0.1, -0.05) is 6.92 Å². The van der Waals surface area contributed by atoms with Crippen molar-refractivity contribution in [1.82, 2.24) is 20.4 Å². The molecule has 0 amide bonds. The zero-order valence-corrected chi connectivity index (χ0v) is 12.4. The fraction of sp³-hybridized carbons (Fsp3) is 0.714. The highest BCUT2D eigenvalue weighted by Gasteiger charge is 2.33. The predicted molar refractivity (Wildman–Crippen MR) is 79.8 cm³/mol. The first-order chi connectivity index (χ1) is 9.72. The van der Waals surface area contributed by atoms with E-state index < -0.39 is 0 Å². The van der Waals surface area contributed by atoms with Crippen LogP contribution in [-0.2, 0) is 11.3 Å². The molecule has 0 bridgehead atoms. The standard InChI is InChI=1S/C14H25N5O/c1-3-15-13(17-10-14(2)11-20-12-14)16-6-4-8-19-9-5-7-18-19/h5,7,9H,3-4,6,8,10-12H2,1-2H3,(H2,15,16,17). The van der Waals surface area contributed by atoms with Crippen molar-refractivity contribution in [3.63, 3.8) is 0 Å². The number of guanidine groups is 1. The largest absolute Gasteiger partial charge is 0.380 e. The molecule has 0 radical (unpaired) electrons. The second-order valence-corrected chi connectivity index (χ2v) is 5.55. The molecule has 0 saturated carbocycles. The van der Waals surface area contributed by atoms with Crippen LogP contribution in [0.1, 0.15) is 20.3 Å². The lowest BCUT2D eigenvalue weighted by Crippen LogP contribution is -2.44. The minimum atomic E-state index is 0.220. The topological polar surface area (TPSA) is 63.5 Å². The van der Waals surface area contributed by atoms with E-state index in [0.717, 1.165) is 51.8 Å². The predicted octanol–water partition coefficient (Wildman–Crippen LogP) is 0.865. The molecule has 0 atom stereocenters. The number of nitrogens with one attached hydrogen (secondary N) is 2. The molecule has 0 aromatic carbocycles. The van der Waals surface area contributed by atoms with Gasteiger partial charge in [0, 0.05) is 37.4 Å². The summed E-state index contributed by atoms with van der Waals surface area (Å²) in [5.74, 6) is 0.890. The van der Waals surface area contributed by atoms with Crippen molar-refractivity contribution < 1.29 is 4.74 Å². The van der Waals surface area contributed by atoms with Gasteiger partial charge in [-0.2, -0.15) is 5.10 Å². The lowest BCUT2D eigenvalue weighted by molar-refractivity contribution is -0.0945. The average Bonchev–Trinajstić information content (AvgIpc) is 2.91. The molecular formula is C14H25N5O. The monoisotopic (exact) mass is 279 g/mol. The number of hydrogen-bond acceptors (Lipinski definition) is 3. The molecule has 6 heteroatoms. The average molecular weight is 279 g/mol. The molecule has 2 rings (SSSR count). The summed E-state index contributed by atoms with van der Waals surface area (Å²) in [5.41, 5.74) is 0.220. The van der Waals surface area contributed by atoms with Crippen LogP contribution in [-0.4, -0.2) is 48.6 Å². The number of aromatic nitrogens is 2. The van der Waals surface area contributed by atoms with E-state index in [0.29, 0.717) is 0 Å². The van der Waals surface area contributed by atoms with E-state index in [1.807, 2.05) is 16.9 Å². The van der Waals surface area contributed by atoms with E-state index in [1.165, 1.54) is 0 Å². The highest BCUT2D eigenvalue weighted by atomic mass is 16.5. The quantitative estimate of drug-likeness (QED) is 0.441. The Hall–Kier alpha value is -1.56. The molecule has 1 saturated heterocycles. The summed E-state index contributed by atoms with van der Waals surface area (Å²) in [6.07, 6.45) is 4.81. The summed E-state index contributed by atoms with van der Waals surface area (Å²) in [6, 6.07) is 1.94. The maximum atomic E-state index is 5.25. The van der Waals surface area contributed by atoms with Gasteiger partial charge >= 0.3 is 0 Å². The smallest absolute Gasteiger partial charge is 0.191 e. The van der Waals surface area contributed by atoms with Gasteiger partial charge in [0.25, 0.3) is 0 Å². The maximum absolute atomic E-state index is 5.25. The molecule has 112 valence electrons. The van der Waals surface area contributed by atoms with Gasteiger partial charge in [-0.05, 0) is 19.4 Å². The van der Waals surface area contributed by atoms with Gasteiger partial charge in [0.1, 0.15) is 0 Å². The zero-order valence-electron chi connectivity index (χ0n) is 12.4. The molecule has 1 aliphatic rings. The van der Waals surface area contributed by atoms with Crippen LogP contribution in [0.25, 0.3) is 0 Å². The summed E-state index contributed by atoms with van der Waals surface area (Å²) >= 11 is 0. The fourth-order valence-corrected chi connectivity index (χ4v) is 2.03. The first kappa shape index (κ1) is 14.8. The number of aliphatic imine (C=N–C) groups is 1. The van der Waals surface area contributed by atoms with Gasteiger partial charge in [0.15, 0.2) is 5.96 Å². The fourth-order valence-electron chi connectivity index (χ4n) is 2.03. The Labute approximate surface area is 120 Å². The van der Waals surface area contributed by atoms with E-state index in [9.17, 15) is 0 Å². The van der Waals surface area contributed by atoms with Gasteiger partial charge < -0.3 is 15.4 Å². The molecule has 20 heavy (non-hydrogen) atoms. The second-order valence-electron chi connectivity index (χ2n) is 5.55. The number of rotatable bonds is 7. The molecule has 1 aliphatic heterocycles. The van der Waals surface area contributed by atoms with Crippen molar-refractivity contribution in [3.05, 3.63) is 18.5 Å². The van der Waals surface area contributed by atoms with Crippen LogP contribution >= 0.6 is 0 Å². The molecule has 2 N–H and O–H groups in total. The van der Waals surface area contributed by atoms with Gasteiger partial charge in [0.2, 0.25) is 0 Å². The van der Waals surface area contributed by atoms with E-state index in [4.69, 9.17) is 4.74 Å². The normalized spacial score (nSPS) is 17.6. The summed E-state index contributed by atoms with van der Waals surface area (Å²) < 4.78 is 7.19. The van der Waals surface area contributed by atoms with Gasteiger partial charge in [-0.15, -0.1) is 0 Å². The van der Waals surface area contributed by atoms with E-state index in [-0.39, 0.29) is 5.41 Å². The van der Waals surface area contributed by atoms with Gasteiger partial charge in [0.05, 0.1) is 19.8 Å². The SMILES string of the molecule is CCNC(=NCC1(C)COC1)NCCCn1cccn1. The van der Waals surface area contributed by atoms with E-state index in [1.54, 1.807) is 6.20 Å². The van der Waals surface area contributed by atoms with Crippen molar-refractivity contribution in [1.29, 1.82) is 0 Å². The third kappa shape index (κ3) is 4.52. The molecule has 1 fully saturated rings. The van der Waals surface area contributed by atoms with Crippen LogP contribution in [0.2, 0.25) is 0 Å². The highest BCUT2D eigenvalue weighted by Crippen LogP contribution is 2.26. The summed E-state index contributed by atoms with van der Waals surface area (Å²) in [4.78, 5) is 4.63. The van der Waals surface area contributed by atoms with Crippen LogP contribution < -0.4 is 10.6 Å². The Bertz CT molecular complexity index is 411. The van der Waals surface area contributed by atoms with Crippen molar-refractivity contribution >= 4 is 5.96 Å². The van der Waals surface area contributed by atoms with Crippen LogP contribution in [0.5, 0.6) is 0 Å². The van der Waals surface area contributed by atoms with E-state index >= 15 is 0 Å². The third-order valence-electron chi connectivity index (χ3n) is 3.28. The number of hydrogen-bond donors (Lipinski definition) is 2. The van der Waals surface area contributed by atoms with Crippen LogP contribution in [0.4, 0.5) is 0 Å². The Kier molecular flexibility index (Phi) is 5.40. The number of nitrogens with zero attached hydrogens (tertiary/aromatic N) is 3. The highest BCUT2D eigenvalue weighted by molar-refractivity contribution is 5.79. The van der Waals surface area contributed by atoms with Crippen molar-refractivity contribution in [3.8, 4) is 0 Å². The molecule has 0 aliphatic carbocycles. The molecule has 2 heterocycles. The lowest BCUT2D eigenvalue weighted by Gasteiger charge is -2.36. The Morgan fingerprint density at radius 1 is 1.45 bits per heavy atom. The zero-order chi connectivity index (χ0) is 14.3. The second kappa shape index (κ2) is 7.28. The van der Waals surface area contributed by atoms with Crippen molar-refractivity contribution in [2.45, 2.75) is 26.8 Å². The maximum Gasteiger partial charge on any atom is 0.191 e. The van der Waals surface area contributed by atoms with Crippen LogP contribution in [0, 0.1) is 5.41 Å². The Morgan fingerprint density at radius 3 is 2.90 bits per heavy atom. The molecular weight excluding hydrogens is 254 g/mol.